The van der Waals surface area contributed by atoms with Crippen molar-refractivity contribution in [1.82, 2.24) is 34.8 Å². The summed E-state index contributed by atoms with van der Waals surface area (Å²) >= 11 is 6.54. The van der Waals surface area contributed by atoms with Gasteiger partial charge in [0.2, 0.25) is 0 Å². The molecule has 1 atom stereocenters. The lowest BCUT2D eigenvalue weighted by Gasteiger charge is -2.42. The third kappa shape index (κ3) is 8.25. The molecule has 0 unspecified atom stereocenters. The number of nitrogens with zero attached hydrogens (tertiary/aromatic N) is 8. The standard InChI is InChI=1S/C34H37ClF2N10O3/c1-33(2,3)11-12-40-31(39)47(29(48)22-7-5-21(6-8-22)24-14-43-46(15-24)30(36)37)27(16-50-32(49)45-18-34(4,17-38)19-45)23-9-10-26(35)25(13-23)28-41-20-42-44-28/h5-10,13-15,20,27,30H,11-12,16,18-19H2,1-4H3,(H2,39,40)(H,41,42,44)/t27-/m1/s1. The maximum Gasteiger partial charge on any atom is 0.409 e. The van der Waals surface area contributed by atoms with Crippen molar-refractivity contribution >= 4 is 29.6 Å². The second kappa shape index (κ2) is 14.6. The van der Waals surface area contributed by atoms with E-state index in [4.69, 9.17) is 22.1 Å². The molecular weight excluding hydrogens is 670 g/mol. The number of H-pyrrole nitrogens is 1. The van der Waals surface area contributed by atoms with E-state index in [1.807, 2.05) is 0 Å². The quantitative estimate of drug-likeness (QED) is 0.143. The molecular formula is C34H37ClF2N10O3. The Morgan fingerprint density at radius 3 is 2.52 bits per heavy atom. The van der Waals surface area contributed by atoms with E-state index in [1.54, 1.807) is 49.4 Å². The van der Waals surface area contributed by atoms with Crippen molar-refractivity contribution in [3.63, 3.8) is 0 Å². The molecule has 2 aromatic heterocycles. The molecule has 2 amide bonds. The summed E-state index contributed by atoms with van der Waals surface area (Å²) < 4.78 is 32.6. The number of aliphatic imine (C=N–C) groups is 1. The number of alkyl halides is 2. The van der Waals surface area contributed by atoms with Crippen LogP contribution in [0.1, 0.15) is 62.6 Å². The Hall–Kier alpha value is -5.36. The first kappa shape index (κ1) is 35.9. The van der Waals surface area contributed by atoms with Crippen LogP contribution in [-0.4, -0.2) is 79.0 Å². The second-order valence-corrected chi connectivity index (χ2v) is 13.9. The van der Waals surface area contributed by atoms with E-state index in [2.05, 4.69) is 52.1 Å². The number of halogens is 3. The number of likely N-dealkylation sites (tertiary alicyclic amines) is 1. The summed E-state index contributed by atoms with van der Waals surface area (Å²) in [6.45, 7) is 5.51. The van der Waals surface area contributed by atoms with Gasteiger partial charge in [0.05, 0.1) is 28.7 Å². The number of ether oxygens (including phenoxy) is 1. The molecule has 0 spiro atoms. The molecule has 0 radical (unpaired) electrons. The Labute approximate surface area is 292 Å². The van der Waals surface area contributed by atoms with Gasteiger partial charge in [0.15, 0.2) is 11.8 Å². The van der Waals surface area contributed by atoms with Gasteiger partial charge in [-0.2, -0.15) is 24.2 Å². The van der Waals surface area contributed by atoms with Crippen LogP contribution in [0.5, 0.6) is 0 Å². The third-order valence-electron chi connectivity index (χ3n) is 8.20. The summed E-state index contributed by atoms with van der Waals surface area (Å²) in [6.07, 6.45) is 3.86. The second-order valence-electron chi connectivity index (χ2n) is 13.5. The van der Waals surface area contributed by atoms with E-state index < -0.39 is 30.0 Å². The van der Waals surface area contributed by atoms with Gasteiger partial charge >= 0.3 is 12.6 Å². The van der Waals surface area contributed by atoms with Crippen LogP contribution in [0.15, 0.2) is 66.2 Å². The van der Waals surface area contributed by atoms with Gasteiger partial charge in [-0.1, -0.05) is 50.6 Å². The van der Waals surface area contributed by atoms with Crippen LogP contribution in [-0.2, 0) is 4.74 Å². The number of guanidine groups is 1. The predicted molar refractivity (Wildman–Crippen MR) is 182 cm³/mol. The van der Waals surface area contributed by atoms with Gasteiger partial charge in [-0.15, -0.1) is 0 Å². The number of aromatic nitrogens is 5. The van der Waals surface area contributed by atoms with E-state index in [0.29, 0.717) is 50.7 Å². The van der Waals surface area contributed by atoms with Crippen LogP contribution >= 0.6 is 11.6 Å². The van der Waals surface area contributed by atoms with Gasteiger partial charge in [-0.3, -0.25) is 19.8 Å². The van der Waals surface area contributed by atoms with Crippen molar-refractivity contribution in [2.45, 2.75) is 46.7 Å². The minimum absolute atomic E-state index is 0.0706. The zero-order valence-electron chi connectivity index (χ0n) is 28.0. The number of hydrogen-bond acceptors (Lipinski definition) is 8. The van der Waals surface area contributed by atoms with Crippen LogP contribution in [0.3, 0.4) is 0 Å². The van der Waals surface area contributed by atoms with Crippen LogP contribution in [0, 0.1) is 22.2 Å². The molecule has 50 heavy (non-hydrogen) atoms. The lowest BCUT2D eigenvalue weighted by molar-refractivity contribution is 0.0237. The Morgan fingerprint density at radius 2 is 1.92 bits per heavy atom. The van der Waals surface area contributed by atoms with Gasteiger partial charge in [0.1, 0.15) is 12.9 Å². The normalized spacial score (nSPS) is 14.9. The summed E-state index contributed by atoms with van der Waals surface area (Å²) in [5, 5.41) is 20.1. The minimum Gasteiger partial charge on any atom is -0.447 e. The number of nitrogens with one attached hydrogen (secondary N) is 1. The number of aromatic amines is 1. The molecule has 1 aliphatic heterocycles. The van der Waals surface area contributed by atoms with Crippen molar-refractivity contribution < 1.29 is 23.1 Å². The van der Waals surface area contributed by atoms with Crippen molar-refractivity contribution in [3.8, 4) is 28.6 Å². The van der Waals surface area contributed by atoms with Gasteiger partial charge in [-0.05, 0) is 54.2 Å². The summed E-state index contributed by atoms with van der Waals surface area (Å²) in [7, 11) is 0. The van der Waals surface area contributed by atoms with Gasteiger partial charge in [-0.25, -0.2) is 14.5 Å². The number of hydrogen-bond donors (Lipinski definition) is 2. The van der Waals surface area contributed by atoms with Gasteiger partial charge in [0, 0.05) is 42.5 Å². The topological polar surface area (TPSA) is 171 Å². The molecule has 0 aliphatic carbocycles. The molecule has 3 heterocycles. The SMILES string of the molecule is CC(C)(C)CCN=C(N)N(C(=O)c1ccc(-c2cnn(C(F)F)c2)cc1)[C@H](COC(=O)N1CC(C)(C#N)C1)c1ccc(Cl)c(-c2ncn[nH]2)c1. The largest absolute Gasteiger partial charge is 0.447 e. The van der Waals surface area contributed by atoms with Crippen LogP contribution in [0.2, 0.25) is 5.02 Å². The minimum atomic E-state index is -2.79. The first-order chi connectivity index (χ1) is 23.7. The number of nitrogens with two attached hydrogens (primary N) is 1. The summed E-state index contributed by atoms with van der Waals surface area (Å²) in [5.41, 5.74) is 8.07. The van der Waals surface area contributed by atoms with E-state index >= 15 is 0 Å². The zero-order valence-corrected chi connectivity index (χ0v) is 28.7. The highest BCUT2D eigenvalue weighted by molar-refractivity contribution is 6.33. The predicted octanol–water partition coefficient (Wildman–Crippen LogP) is 6.30. The highest BCUT2D eigenvalue weighted by Gasteiger charge is 2.43. The molecule has 0 saturated carbocycles. The maximum atomic E-state index is 14.5. The number of amides is 2. The van der Waals surface area contributed by atoms with Crippen molar-refractivity contribution in [2.75, 3.05) is 26.2 Å². The number of carbonyl (C=O) groups is 2. The molecule has 5 rings (SSSR count). The first-order valence-corrected chi connectivity index (χ1v) is 16.1. The van der Waals surface area contributed by atoms with E-state index in [-0.39, 0.29) is 36.6 Å². The average molecular weight is 707 g/mol. The molecule has 3 N–H and O–H groups in total. The molecule has 262 valence electrons. The average Bonchev–Trinajstić information content (AvgIpc) is 3.78. The fourth-order valence-corrected chi connectivity index (χ4v) is 5.56. The Kier molecular flexibility index (Phi) is 10.5. The lowest BCUT2D eigenvalue weighted by atomic mass is 9.84. The Bertz CT molecular complexity index is 1890. The van der Waals surface area contributed by atoms with E-state index in [9.17, 15) is 23.6 Å². The fraction of sp³-hybridized carbons (Fsp3) is 0.382. The number of rotatable bonds is 10. The highest BCUT2D eigenvalue weighted by Crippen LogP contribution is 2.34. The van der Waals surface area contributed by atoms with Crippen molar-refractivity contribution in [2.24, 2.45) is 21.6 Å². The maximum absolute atomic E-state index is 14.5. The van der Waals surface area contributed by atoms with Crippen molar-refractivity contribution in [1.29, 1.82) is 5.26 Å². The molecule has 1 saturated heterocycles. The molecule has 1 fully saturated rings. The highest BCUT2D eigenvalue weighted by atomic mass is 35.5. The smallest absolute Gasteiger partial charge is 0.409 e. The Morgan fingerprint density at radius 1 is 1.20 bits per heavy atom. The molecule has 4 aromatic rings. The number of carbonyl (C=O) groups excluding carboxylic acids is 2. The van der Waals surface area contributed by atoms with Crippen LogP contribution in [0.25, 0.3) is 22.5 Å². The van der Waals surface area contributed by atoms with Gasteiger partial charge < -0.3 is 15.4 Å². The third-order valence-corrected chi connectivity index (χ3v) is 8.53. The van der Waals surface area contributed by atoms with Crippen LogP contribution < -0.4 is 5.73 Å². The zero-order chi connectivity index (χ0) is 36.2. The number of benzene rings is 2. The van der Waals surface area contributed by atoms with E-state index in [1.165, 1.54) is 28.5 Å². The molecule has 13 nitrogen and oxygen atoms in total. The Balaban J connectivity index is 1.53. The monoisotopic (exact) mass is 706 g/mol. The molecule has 0 bridgehead atoms. The first-order valence-electron chi connectivity index (χ1n) is 15.7. The van der Waals surface area contributed by atoms with E-state index in [0.717, 1.165) is 0 Å². The summed E-state index contributed by atoms with van der Waals surface area (Å²) in [5.74, 6) is -0.297. The summed E-state index contributed by atoms with van der Waals surface area (Å²) in [6, 6.07) is 12.5. The molecule has 16 heteroatoms. The molecule has 2 aromatic carbocycles. The summed E-state index contributed by atoms with van der Waals surface area (Å²) in [4.78, 5) is 39.1. The van der Waals surface area contributed by atoms with Crippen LogP contribution in [0.4, 0.5) is 13.6 Å². The molecule has 1 aliphatic rings. The fourth-order valence-electron chi connectivity index (χ4n) is 5.35. The van der Waals surface area contributed by atoms with Crippen molar-refractivity contribution in [3.05, 3.63) is 77.3 Å². The lowest BCUT2D eigenvalue weighted by Crippen LogP contribution is -2.56. The number of nitriles is 1. The van der Waals surface area contributed by atoms with Gasteiger partial charge in [0.25, 0.3) is 5.91 Å².